The Morgan fingerprint density at radius 2 is 1.01 bits per heavy atom. The topological polar surface area (TPSA) is 589 Å². The van der Waals surface area contributed by atoms with Crippen molar-refractivity contribution in [2.75, 3.05) is 58.8 Å². The maximum absolute atomic E-state index is 15.7. The molecule has 15 atom stereocenters. The molecule has 3 saturated heterocycles. The van der Waals surface area contributed by atoms with Crippen LogP contribution in [0.4, 0.5) is 13.2 Å². The highest BCUT2D eigenvalue weighted by Crippen LogP contribution is 2.29. The highest BCUT2D eigenvalue weighted by Gasteiger charge is 2.49. The number of halogens is 3. The van der Waals surface area contributed by atoms with Crippen molar-refractivity contribution in [3.8, 4) is 5.75 Å². The summed E-state index contributed by atoms with van der Waals surface area (Å²) in [5.41, 5.74) is 18.9. The molecule has 9 rings (SSSR count). The van der Waals surface area contributed by atoms with Crippen molar-refractivity contribution in [1.82, 2.24) is 77.3 Å². The smallest absolute Gasteiger partial charge is 0.305 e. The molecular formula is C92H117F3N18O21S. The second-order valence-electron chi connectivity index (χ2n) is 34.2. The maximum atomic E-state index is 15.7. The molecule has 3 fully saturated rings. The number of nitrogens with zero attached hydrogens (tertiary/aromatic N) is 5. The fraction of sp³-hybridized carbons (Fsp3) is 0.467. The van der Waals surface area contributed by atoms with Crippen LogP contribution in [0.2, 0.25) is 0 Å². The Kier molecular flexibility index (Phi) is 38.5. The molecule has 0 saturated carbocycles. The minimum Gasteiger partial charge on any atom is -0.508 e. The number of aromatic amines is 1. The zero-order valence-electron chi connectivity index (χ0n) is 75.5. The predicted octanol–water partition coefficient (Wildman–Crippen LogP) is -1.24. The van der Waals surface area contributed by atoms with Gasteiger partial charge in [-0.05, 0) is 96.3 Å². The van der Waals surface area contributed by atoms with Crippen LogP contribution in [0, 0.1) is 23.4 Å². The molecule has 6 aromatic rings. The SMILES string of the molecule is CCCC[C@H]1C(=O)N2C[C@H](O)C[C@@H]2C(=O)N[C@@H](CC(=O)O)C(=O)N[C@@H](C(C)C)C(=O)N(C)[C@H](Cc2ccccc2)C(=O)N[C@@H](CC(N)=O)C(=O)N2C[C@H](O)C[C@@H]2C(=O)N[C@@H](Cc2c[nH]c3ccccc23)C(=O)N[C@@H](Cc2ccc(O)cc2)C(=O)N[C@@H](CCCCN)C(=O)N[C@H](C(=O)NCC(N)=O)CSCC(=O)N[C@@H](Cc2cc(F)c(F)c(F)c2)C(=O)N(C)[C@@H](Cc2ccccc2)C(=O)N1C. The molecule has 39 nitrogen and oxygen atoms in total. The number of aromatic hydroxyl groups is 1. The molecule has 4 heterocycles. The summed E-state index contributed by atoms with van der Waals surface area (Å²) in [7, 11) is 3.53. The first-order valence-electron chi connectivity index (χ1n) is 44.2. The standard InChI is InChI=1S/C92H117F3N18O21S/c1-7-8-26-69-91(133)113-46-57(116)40-72(113)87(129)105-65(42-77(120)121)84(126)108-79(49(2)3)92(134)110(5)70(36-50-19-11-9-12-20-50)85(127)106-67(41-74(97)117)89(131)112-45-56(115)39-71(112)86(128)104-64(38-54-43-99-61-24-16-15-23-58(54)61)83(125)103-63(34-52-27-29-55(114)30-28-52)82(124)102-62(25-17-18-31-96)81(123)107-68(80(122)100-44-75(98)118)47-135-48-76(119)101-66(35-53-32-59(93)78(95)60(94)33-53)88(130)111(6)73(90(132)109(69)4)37-51-21-13-10-14-22-51/h9-16,19-24,27-30,32-33,43,49,56-57,62-73,79,99,114-116H,7-8,17-18,25-26,31,34-42,44-48,96H2,1-6H3,(H2,97,117)(H2,98,118)(H,100,122)(H,101,119)(H,102,124)(H,103,125)(H,104,128)(H,105,129)(H,106,127)(H,107,123)(H,108,126)(H,120,121)/t56-,57-,62+,63+,64+,65+,66+,67+,68+,69+,70-,71-,72-,73+,79+/m1/s1. The van der Waals surface area contributed by atoms with Gasteiger partial charge < -0.3 is 115 Å². The Labute approximate surface area is 780 Å². The Morgan fingerprint density at radius 1 is 0.504 bits per heavy atom. The van der Waals surface area contributed by atoms with E-state index in [2.05, 4.69) is 52.8 Å². The molecule has 0 unspecified atom stereocenters. The molecule has 16 amide bonds. The molecule has 3 aliphatic heterocycles. The van der Waals surface area contributed by atoms with Gasteiger partial charge in [-0.15, -0.1) is 11.8 Å². The summed E-state index contributed by atoms with van der Waals surface area (Å²) < 4.78 is 45.1. The number of para-hydroxylation sites is 1. The van der Waals surface area contributed by atoms with Crippen molar-refractivity contribution in [3.63, 3.8) is 0 Å². The van der Waals surface area contributed by atoms with Gasteiger partial charge in [-0.25, -0.2) is 13.2 Å². The first-order chi connectivity index (χ1) is 64.1. The number of hydrogen-bond acceptors (Lipinski definition) is 22. The number of thioether (sulfide) groups is 1. The number of rotatable bonds is 25. The lowest BCUT2D eigenvalue weighted by Crippen LogP contribution is -2.62. The Hall–Kier alpha value is -13.6. The lowest BCUT2D eigenvalue weighted by molar-refractivity contribution is -0.152. The highest BCUT2D eigenvalue weighted by atomic mass is 32.2. The van der Waals surface area contributed by atoms with Crippen molar-refractivity contribution >= 4 is 123 Å². The van der Waals surface area contributed by atoms with E-state index in [1.807, 2.05) is 0 Å². The fourth-order valence-corrected chi connectivity index (χ4v) is 17.3. The van der Waals surface area contributed by atoms with E-state index in [1.54, 1.807) is 98.0 Å². The van der Waals surface area contributed by atoms with E-state index in [9.17, 15) is 58.4 Å². The number of nitrogens with one attached hydrogen (secondary N) is 10. The number of aliphatic hydroxyl groups excluding tert-OH is 2. The third kappa shape index (κ3) is 29.2. The summed E-state index contributed by atoms with van der Waals surface area (Å²) in [6, 6.07) is 6.53. The van der Waals surface area contributed by atoms with Crippen LogP contribution < -0.4 is 65.1 Å². The summed E-state index contributed by atoms with van der Waals surface area (Å²) in [5, 5.41) is 67.0. The van der Waals surface area contributed by atoms with E-state index >= 15 is 56.7 Å². The van der Waals surface area contributed by atoms with E-state index in [1.165, 1.54) is 52.2 Å². The van der Waals surface area contributed by atoms with Gasteiger partial charge in [0, 0.05) is 102 Å². The second kappa shape index (κ2) is 49.4. The number of carbonyl (C=O) groups excluding carboxylic acids is 16. The van der Waals surface area contributed by atoms with Crippen LogP contribution in [0.1, 0.15) is 113 Å². The second-order valence-corrected chi connectivity index (χ2v) is 35.2. The van der Waals surface area contributed by atoms with Gasteiger partial charge in [0.15, 0.2) is 17.5 Å². The summed E-state index contributed by atoms with van der Waals surface area (Å²) in [4.78, 5) is 258. The summed E-state index contributed by atoms with van der Waals surface area (Å²) >= 11 is 0.633. The highest BCUT2D eigenvalue weighted by molar-refractivity contribution is 8.00. The van der Waals surface area contributed by atoms with Crippen LogP contribution in [0.3, 0.4) is 0 Å². The van der Waals surface area contributed by atoms with Gasteiger partial charge in [-0.3, -0.25) is 81.5 Å². The fourth-order valence-electron chi connectivity index (χ4n) is 16.4. The molecular weight excluding hydrogens is 1780 g/mol. The summed E-state index contributed by atoms with van der Waals surface area (Å²) in [5.74, 6) is -26.9. The third-order valence-corrected chi connectivity index (χ3v) is 24.7. The number of primary amides is 2. The molecule has 0 radical (unpaired) electrons. The number of benzene rings is 5. The number of nitrogens with two attached hydrogens (primary N) is 3. The number of unbranched alkanes of at least 4 members (excludes halogenated alkanes) is 2. The number of phenols is 1. The first kappa shape index (κ1) is 105. The number of carbonyl (C=O) groups is 17. The van der Waals surface area contributed by atoms with Crippen LogP contribution in [0.15, 0.2) is 128 Å². The number of H-pyrrole nitrogens is 1. The molecule has 728 valence electrons. The van der Waals surface area contributed by atoms with E-state index in [-0.39, 0.29) is 63.7 Å². The molecule has 43 heteroatoms. The van der Waals surface area contributed by atoms with Crippen molar-refractivity contribution < 1.29 is 115 Å². The van der Waals surface area contributed by atoms with Gasteiger partial charge >= 0.3 is 5.97 Å². The van der Waals surface area contributed by atoms with Crippen molar-refractivity contribution in [2.24, 2.45) is 23.1 Å². The third-order valence-electron chi connectivity index (χ3n) is 23.7. The minimum atomic E-state index is -2.08. The number of amides is 16. The molecule has 0 bridgehead atoms. The van der Waals surface area contributed by atoms with Gasteiger partial charge in [0.25, 0.3) is 0 Å². The van der Waals surface area contributed by atoms with Gasteiger partial charge in [0.05, 0.1) is 37.3 Å². The average molecular weight is 1900 g/mol. The zero-order chi connectivity index (χ0) is 98.8. The number of aliphatic hydroxyl groups is 2. The number of aromatic nitrogens is 1. The molecule has 20 N–H and O–H groups in total. The molecule has 5 aromatic carbocycles. The van der Waals surface area contributed by atoms with Crippen LogP contribution in [0.5, 0.6) is 5.75 Å². The monoisotopic (exact) mass is 1900 g/mol. The number of hydrogen-bond donors (Lipinski definition) is 17. The molecule has 0 aliphatic carbocycles. The van der Waals surface area contributed by atoms with Crippen LogP contribution >= 0.6 is 11.8 Å². The predicted molar refractivity (Wildman–Crippen MR) is 484 cm³/mol. The molecule has 0 spiro atoms. The van der Waals surface area contributed by atoms with Crippen molar-refractivity contribution in [3.05, 3.63) is 173 Å². The zero-order valence-corrected chi connectivity index (χ0v) is 76.3. The summed E-state index contributed by atoms with van der Waals surface area (Å²) in [6.45, 7) is 2.77. The van der Waals surface area contributed by atoms with Crippen LogP contribution in [0.25, 0.3) is 10.9 Å². The van der Waals surface area contributed by atoms with Gasteiger partial charge in [0.2, 0.25) is 94.5 Å². The number of carboxylic acid groups (broad SMARTS) is 1. The first-order valence-corrected chi connectivity index (χ1v) is 45.4. The normalized spacial score (nSPS) is 24.5. The van der Waals surface area contributed by atoms with Crippen LogP contribution in [-0.4, -0.2) is 300 Å². The Balaban J connectivity index is 1.15. The maximum Gasteiger partial charge on any atom is 0.305 e. The molecule has 135 heavy (non-hydrogen) atoms. The Bertz CT molecular complexity index is 5260. The van der Waals surface area contributed by atoms with Gasteiger partial charge in [-0.2, -0.15) is 0 Å². The van der Waals surface area contributed by atoms with E-state index in [4.69, 9.17) is 17.2 Å². The van der Waals surface area contributed by atoms with Crippen molar-refractivity contribution in [2.45, 2.75) is 208 Å². The number of phenolic OH excluding ortho intramolecular Hbond substituents is 1. The average Bonchev–Trinajstić information content (AvgIpc) is 1.74. The van der Waals surface area contributed by atoms with E-state index < -0.39 is 290 Å². The molecule has 1 aromatic heterocycles. The number of carboxylic acids is 1. The minimum absolute atomic E-state index is 0.0707. The number of aliphatic carboxylic acids is 1. The molecule has 3 aliphatic rings. The quantitative estimate of drug-likeness (QED) is 0.0235. The van der Waals surface area contributed by atoms with Crippen molar-refractivity contribution in [1.29, 1.82) is 0 Å². The van der Waals surface area contributed by atoms with E-state index in [0.717, 1.165) is 31.5 Å². The van der Waals surface area contributed by atoms with Gasteiger partial charge in [0.1, 0.15) is 84.3 Å². The largest absolute Gasteiger partial charge is 0.508 e. The number of likely N-dealkylation sites (N-methyl/N-ethyl adjacent to an activating group) is 3. The summed E-state index contributed by atoms with van der Waals surface area (Å²) in [6.07, 6.45) is -6.34. The Morgan fingerprint density at radius 3 is 1.59 bits per heavy atom. The van der Waals surface area contributed by atoms with E-state index in [0.29, 0.717) is 63.5 Å². The van der Waals surface area contributed by atoms with Gasteiger partial charge in [-0.1, -0.05) is 125 Å². The number of fused-ring (bicyclic) bond motifs is 3. The van der Waals surface area contributed by atoms with Crippen LogP contribution in [-0.2, 0) is 114 Å². The lowest BCUT2D eigenvalue weighted by Gasteiger charge is -2.38. The lowest BCUT2D eigenvalue weighted by atomic mass is 9.98.